The fourth-order valence-corrected chi connectivity index (χ4v) is 2.64. The van der Waals surface area contributed by atoms with Crippen LogP contribution in [0.15, 0.2) is 24.3 Å². The molecule has 18 heavy (non-hydrogen) atoms. The van der Waals surface area contributed by atoms with E-state index in [0.29, 0.717) is 17.8 Å². The quantitative estimate of drug-likeness (QED) is 0.816. The van der Waals surface area contributed by atoms with Crippen molar-refractivity contribution in [1.29, 1.82) is 0 Å². The van der Waals surface area contributed by atoms with Crippen LogP contribution in [-0.4, -0.2) is 24.3 Å². The maximum absolute atomic E-state index is 13.7. The molecule has 0 heterocycles. The van der Waals surface area contributed by atoms with Crippen LogP contribution in [-0.2, 0) is 4.79 Å². The predicted octanol–water partition coefficient (Wildman–Crippen LogP) is 3.19. The highest BCUT2D eigenvalue weighted by Crippen LogP contribution is 2.26. The summed E-state index contributed by atoms with van der Waals surface area (Å²) in [6, 6.07) is 6.85. The zero-order chi connectivity index (χ0) is 13.1. The molecule has 2 rings (SSSR count). The zero-order valence-corrected chi connectivity index (χ0v) is 11.0. The van der Waals surface area contributed by atoms with Gasteiger partial charge in [-0.3, -0.25) is 9.69 Å². The Morgan fingerprint density at radius 3 is 2.78 bits per heavy atom. The Balaban J connectivity index is 2.02. The first-order valence-electron chi connectivity index (χ1n) is 6.57. The number of hydrogen-bond donors (Lipinski definition) is 0. The third-order valence-corrected chi connectivity index (χ3v) is 3.96. The molecule has 0 spiro atoms. The molecule has 1 aliphatic carbocycles. The summed E-state index contributed by atoms with van der Waals surface area (Å²) in [5, 5.41) is 0. The molecule has 2 atom stereocenters. The summed E-state index contributed by atoms with van der Waals surface area (Å²) in [4.78, 5) is 13.7. The van der Waals surface area contributed by atoms with Gasteiger partial charge in [-0.15, -0.1) is 0 Å². The van der Waals surface area contributed by atoms with Crippen molar-refractivity contribution in [3.63, 3.8) is 0 Å². The molecule has 0 aromatic heterocycles. The first kappa shape index (κ1) is 13.2. The van der Waals surface area contributed by atoms with Gasteiger partial charge in [0.2, 0.25) is 0 Å². The van der Waals surface area contributed by atoms with Gasteiger partial charge in [0.05, 0.1) is 0 Å². The highest BCUT2D eigenvalue weighted by atomic mass is 19.1. The molecular weight excluding hydrogens is 229 g/mol. The van der Waals surface area contributed by atoms with Crippen LogP contribution in [0.1, 0.15) is 37.8 Å². The van der Waals surface area contributed by atoms with Crippen molar-refractivity contribution >= 4 is 5.78 Å². The van der Waals surface area contributed by atoms with Crippen molar-refractivity contribution in [1.82, 2.24) is 4.90 Å². The van der Waals surface area contributed by atoms with E-state index >= 15 is 0 Å². The Kier molecular flexibility index (Phi) is 4.12. The summed E-state index contributed by atoms with van der Waals surface area (Å²) >= 11 is 0. The molecule has 0 amide bonds. The number of halogens is 1. The lowest BCUT2D eigenvalue weighted by atomic mass is 10.0. The summed E-state index contributed by atoms with van der Waals surface area (Å²) in [5.41, 5.74) is 0.699. The number of nitrogens with zero attached hydrogens (tertiary/aromatic N) is 1. The lowest BCUT2D eigenvalue weighted by Crippen LogP contribution is -2.30. The number of hydrogen-bond acceptors (Lipinski definition) is 2. The number of carbonyl (C=O) groups is 1. The van der Waals surface area contributed by atoms with E-state index in [-0.39, 0.29) is 17.8 Å². The lowest BCUT2D eigenvalue weighted by molar-refractivity contribution is -0.121. The Hall–Kier alpha value is -1.22. The van der Waals surface area contributed by atoms with E-state index in [4.69, 9.17) is 0 Å². The van der Waals surface area contributed by atoms with Gasteiger partial charge in [0.15, 0.2) is 0 Å². The second kappa shape index (κ2) is 5.61. The Bertz CT molecular complexity index is 432. The fraction of sp³-hybridized carbons (Fsp3) is 0.533. The minimum Gasteiger partial charge on any atom is -0.299 e. The molecule has 1 fully saturated rings. The topological polar surface area (TPSA) is 20.3 Å². The average molecular weight is 249 g/mol. The average Bonchev–Trinajstić information content (AvgIpc) is 2.75. The summed E-state index contributed by atoms with van der Waals surface area (Å²) in [7, 11) is 1.96. The molecule has 3 heteroatoms. The van der Waals surface area contributed by atoms with Crippen molar-refractivity contribution in [2.45, 2.75) is 32.2 Å². The minimum atomic E-state index is -0.172. The number of carbonyl (C=O) groups excluding carboxylic acids is 1. The van der Waals surface area contributed by atoms with E-state index in [1.165, 1.54) is 6.07 Å². The first-order valence-corrected chi connectivity index (χ1v) is 6.57. The van der Waals surface area contributed by atoms with Crippen LogP contribution in [0.2, 0.25) is 0 Å². The molecule has 98 valence electrons. The Morgan fingerprint density at radius 1 is 1.44 bits per heavy atom. The first-order chi connectivity index (χ1) is 8.59. The zero-order valence-electron chi connectivity index (χ0n) is 11.0. The number of rotatable bonds is 4. The molecule has 1 aliphatic rings. The van der Waals surface area contributed by atoms with Crippen LogP contribution >= 0.6 is 0 Å². The van der Waals surface area contributed by atoms with E-state index in [2.05, 4.69) is 4.90 Å². The summed E-state index contributed by atoms with van der Waals surface area (Å²) in [5.74, 6) is 0.335. The van der Waals surface area contributed by atoms with E-state index < -0.39 is 0 Å². The monoisotopic (exact) mass is 249 g/mol. The number of benzene rings is 1. The SMILES string of the molecule is CC(c1ccccc1F)N(C)CC1CCCC1=O. The molecule has 0 bridgehead atoms. The predicted molar refractivity (Wildman–Crippen MR) is 69.8 cm³/mol. The number of ketones is 1. The third kappa shape index (κ3) is 2.78. The largest absolute Gasteiger partial charge is 0.299 e. The Labute approximate surface area is 108 Å². The summed E-state index contributed by atoms with van der Waals surface area (Å²) in [6.07, 6.45) is 2.70. The fourth-order valence-electron chi connectivity index (χ4n) is 2.64. The van der Waals surface area contributed by atoms with Gasteiger partial charge in [-0.25, -0.2) is 4.39 Å². The number of Topliss-reactive ketones (excluding diaryl/α,β-unsaturated/α-hetero) is 1. The second-order valence-electron chi connectivity index (χ2n) is 5.19. The van der Waals surface area contributed by atoms with Crippen LogP contribution in [0.4, 0.5) is 4.39 Å². The van der Waals surface area contributed by atoms with Crippen molar-refractivity contribution in [3.05, 3.63) is 35.6 Å². The molecule has 2 unspecified atom stereocenters. The van der Waals surface area contributed by atoms with Gasteiger partial charge in [0.1, 0.15) is 11.6 Å². The molecule has 1 saturated carbocycles. The van der Waals surface area contributed by atoms with Gasteiger partial charge in [0, 0.05) is 30.5 Å². The van der Waals surface area contributed by atoms with Crippen LogP contribution in [0.25, 0.3) is 0 Å². The van der Waals surface area contributed by atoms with Crippen molar-refractivity contribution in [3.8, 4) is 0 Å². The molecule has 1 aromatic rings. The van der Waals surface area contributed by atoms with Crippen LogP contribution in [0.5, 0.6) is 0 Å². The standard InChI is InChI=1S/C15H20FNO/c1-11(13-7-3-4-8-14(13)16)17(2)10-12-6-5-9-15(12)18/h3-4,7-8,11-12H,5-6,9-10H2,1-2H3. The third-order valence-electron chi connectivity index (χ3n) is 3.96. The molecule has 1 aromatic carbocycles. The van der Waals surface area contributed by atoms with Gasteiger partial charge in [-0.1, -0.05) is 18.2 Å². The van der Waals surface area contributed by atoms with Gasteiger partial charge in [-0.2, -0.15) is 0 Å². The van der Waals surface area contributed by atoms with Crippen LogP contribution in [0.3, 0.4) is 0 Å². The van der Waals surface area contributed by atoms with Gasteiger partial charge in [-0.05, 0) is 32.9 Å². The van der Waals surface area contributed by atoms with E-state index in [0.717, 1.165) is 19.4 Å². The van der Waals surface area contributed by atoms with Gasteiger partial charge < -0.3 is 0 Å². The molecule has 0 radical (unpaired) electrons. The highest BCUT2D eigenvalue weighted by Gasteiger charge is 2.27. The van der Waals surface area contributed by atoms with Crippen molar-refractivity contribution < 1.29 is 9.18 Å². The molecule has 0 aliphatic heterocycles. The van der Waals surface area contributed by atoms with Crippen LogP contribution < -0.4 is 0 Å². The van der Waals surface area contributed by atoms with Gasteiger partial charge >= 0.3 is 0 Å². The maximum atomic E-state index is 13.7. The normalized spacial score (nSPS) is 21.6. The van der Waals surface area contributed by atoms with Gasteiger partial charge in [0.25, 0.3) is 0 Å². The van der Waals surface area contributed by atoms with E-state index in [1.807, 2.05) is 26.1 Å². The maximum Gasteiger partial charge on any atom is 0.137 e. The van der Waals surface area contributed by atoms with Crippen LogP contribution in [0, 0.1) is 11.7 Å². The van der Waals surface area contributed by atoms with E-state index in [9.17, 15) is 9.18 Å². The molecule has 0 saturated heterocycles. The summed E-state index contributed by atoms with van der Waals surface area (Å²) < 4.78 is 13.7. The van der Waals surface area contributed by atoms with Crippen molar-refractivity contribution in [2.75, 3.05) is 13.6 Å². The molecule has 0 N–H and O–H groups in total. The molecular formula is C15H20FNO. The minimum absolute atomic E-state index is 0.000370. The highest BCUT2D eigenvalue weighted by molar-refractivity contribution is 5.83. The Morgan fingerprint density at radius 2 is 2.17 bits per heavy atom. The smallest absolute Gasteiger partial charge is 0.137 e. The van der Waals surface area contributed by atoms with E-state index in [1.54, 1.807) is 6.07 Å². The van der Waals surface area contributed by atoms with Crippen molar-refractivity contribution in [2.24, 2.45) is 5.92 Å². The molecule has 2 nitrogen and oxygen atoms in total. The second-order valence-corrected chi connectivity index (χ2v) is 5.19. The lowest BCUT2D eigenvalue weighted by Gasteiger charge is -2.27. The summed E-state index contributed by atoms with van der Waals surface area (Å²) in [6.45, 7) is 2.71.